The first kappa shape index (κ1) is 17.3. The second-order valence-corrected chi connectivity index (χ2v) is 9.71. The van der Waals surface area contributed by atoms with Crippen LogP contribution < -0.4 is 9.75 Å². The SMILES string of the molecule is O=S(=O)(c1ccc(CN2C=c3sccc3=CC2)cc1)c1cccc2cc[nH]c12. The minimum atomic E-state index is -3.57. The van der Waals surface area contributed by atoms with Gasteiger partial charge in [-0.25, -0.2) is 8.42 Å². The summed E-state index contributed by atoms with van der Waals surface area (Å²) in [5.74, 6) is 0. The van der Waals surface area contributed by atoms with Gasteiger partial charge >= 0.3 is 0 Å². The van der Waals surface area contributed by atoms with Crippen LogP contribution in [-0.2, 0) is 16.4 Å². The van der Waals surface area contributed by atoms with Crippen molar-refractivity contribution in [2.45, 2.75) is 16.3 Å². The van der Waals surface area contributed by atoms with Crippen LogP contribution in [0.4, 0.5) is 0 Å². The van der Waals surface area contributed by atoms with E-state index in [0.717, 1.165) is 24.0 Å². The van der Waals surface area contributed by atoms with E-state index >= 15 is 0 Å². The number of rotatable bonds is 4. The lowest BCUT2D eigenvalue weighted by molar-refractivity contribution is 0.455. The Hall–Kier alpha value is -2.83. The van der Waals surface area contributed by atoms with Crippen LogP contribution >= 0.6 is 11.3 Å². The third-order valence-electron chi connectivity index (χ3n) is 5.03. The van der Waals surface area contributed by atoms with E-state index in [-0.39, 0.29) is 0 Å². The number of aromatic amines is 1. The molecule has 1 aliphatic rings. The number of H-pyrrole nitrogens is 1. The van der Waals surface area contributed by atoms with E-state index in [2.05, 4.69) is 33.6 Å². The van der Waals surface area contributed by atoms with Gasteiger partial charge in [0.1, 0.15) is 0 Å². The molecule has 0 spiro atoms. The van der Waals surface area contributed by atoms with E-state index in [0.29, 0.717) is 15.3 Å². The van der Waals surface area contributed by atoms with Crippen LogP contribution in [0.1, 0.15) is 5.56 Å². The monoisotopic (exact) mass is 406 g/mol. The minimum Gasteiger partial charge on any atom is -0.368 e. The lowest BCUT2D eigenvalue weighted by Crippen LogP contribution is -2.31. The maximum Gasteiger partial charge on any atom is 0.208 e. The third-order valence-corrected chi connectivity index (χ3v) is 7.71. The van der Waals surface area contributed by atoms with E-state index in [9.17, 15) is 8.42 Å². The summed E-state index contributed by atoms with van der Waals surface area (Å²) in [5, 5.41) is 4.29. The Morgan fingerprint density at radius 2 is 1.89 bits per heavy atom. The zero-order chi connectivity index (χ0) is 19.1. The number of nitrogens with zero attached hydrogens (tertiary/aromatic N) is 1. The molecule has 0 atom stereocenters. The van der Waals surface area contributed by atoms with Crippen LogP contribution in [0.15, 0.2) is 76.0 Å². The highest BCUT2D eigenvalue weighted by Crippen LogP contribution is 2.27. The molecule has 2 aromatic carbocycles. The summed E-state index contributed by atoms with van der Waals surface area (Å²) in [6.07, 6.45) is 6.16. The predicted octanol–water partition coefficient (Wildman–Crippen LogP) is 3.10. The van der Waals surface area contributed by atoms with Crippen molar-refractivity contribution in [3.63, 3.8) is 0 Å². The average Bonchev–Trinajstić information content (AvgIpc) is 3.37. The maximum absolute atomic E-state index is 13.1. The van der Waals surface area contributed by atoms with Gasteiger partial charge in [0.15, 0.2) is 0 Å². The number of fused-ring (bicyclic) bond motifs is 2. The summed E-state index contributed by atoms with van der Waals surface area (Å²) >= 11 is 1.73. The standard InChI is InChI=1S/C22H18N2O2S2/c25-28(26,21-3-1-2-18-8-11-23-22(18)21)19-6-4-16(5-7-19)14-24-12-9-17-10-13-27-20(17)15-24/h1-11,13,15,23H,12,14H2. The van der Waals surface area contributed by atoms with E-state index < -0.39 is 9.84 Å². The molecule has 2 aromatic heterocycles. The number of nitrogens with one attached hydrogen (secondary N) is 1. The van der Waals surface area contributed by atoms with Crippen molar-refractivity contribution >= 4 is 44.4 Å². The van der Waals surface area contributed by atoms with Crippen molar-refractivity contribution in [3.05, 3.63) is 81.5 Å². The number of para-hydroxylation sites is 1. The van der Waals surface area contributed by atoms with Gasteiger partial charge in [-0.2, -0.15) is 0 Å². The highest BCUT2D eigenvalue weighted by molar-refractivity contribution is 7.91. The first-order chi connectivity index (χ1) is 13.6. The fourth-order valence-electron chi connectivity index (χ4n) is 3.56. The summed E-state index contributed by atoms with van der Waals surface area (Å²) in [4.78, 5) is 5.91. The van der Waals surface area contributed by atoms with Gasteiger partial charge in [0.2, 0.25) is 9.84 Å². The molecule has 0 fully saturated rings. The second kappa shape index (κ2) is 6.65. The van der Waals surface area contributed by atoms with Crippen molar-refractivity contribution < 1.29 is 8.42 Å². The number of hydrogen-bond donors (Lipinski definition) is 1. The Bertz CT molecular complexity index is 1380. The molecule has 0 saturated carbocycles. The van der Waals surface area contributed by atoms with Crippen LogP contribution in [0.25, 0.3) is 23.2 Å². The summed E-state index contributed by atoms with van der Waals surface area (Å²) in [5.41, 5.74) is 1.73. The molecule has 5 rings (SSSR count). The molecule has 0 radical (unpaired) electrons. The fraction of sp³-hybridized carbons (Fsp3) is 0.0909. The van der Waals surface area contributed by atoms with Gasteiger partial charge in [-0.1, -0.05) is 30.3 Å². The van der Waals surface area contributed by atoms with E-state index in [4.69, 9.17) is 0 Å². The molecule has 140 valence electrons. The molecular formula is C22H18N2O2S2. The molecule has 0 bridgehead atoms. The molecule has 4 aromatic rings. The largest absolute Gasteiger partial charge is 0.368 e. The van der Waals surface area contributed by atoms with Crippen molar-refractivity contribution in [1.82, 2.24) is 9.88 Å². The summed E-state index contributed by atoms with van der Waals surface area (Å²) in [6, 6.07) is 16.6. The van der Waals surface area contributed by atoms with E-state index in [1.54, 1.807) is 41.8 Å². The van der Waals surface area contributed by atoms with Crippen LogP contribution in [0.3, 0.4) is 0 Å². The molecule has 1 aliphatic heterocycles. The first-order valence-electron chi connectivity index (χ1n) is 9.01. The molecule has 3 heterocycles. The summed E-state index contributed by atoms with van der Waals surface area (Å²) < 4.78 is 27.5. The predicted molar refractivity (Wildman–Crippen MR) is 113 cm³/mol. The number of hydrogen-bond acceptors (Lipinski definition) is 4. The van der Waals surface area contributed by atoms with Crippen molar-refractivity contribution in [2.75, 3.05) is 6.54 Å². The van der Waals surface area contributed by atoms with Gasteiger partial charge in [0.25, 0.3) is 0 Å². The van der Waals surface area contributed by atoms with E-state index in [1.165, 1.54) is 9.75 Å². The topological polar surface area (TPSA) is 53.2 Å². The van der Waals surface area contributed by atoms with Crippen LogP contribution in [0, 0.1) is 0 Å². The quantitative estimate of drug-likeness (QED) is 0.567. The number of sulfone groups is 1. The Balaban J connectivity index is 1.43. The first-order valence-corrected chi connectivity index (χ1v) is 11.4. The van der Waals surface area contributed by atoms with Gasteiger partial charge < -0.3 is 9.88 Å². The van der Waals surface area contributed by atoms with E-state index in [1.807, 2.05) is 24.3 Å². The number of aromatic nitrogens is 1. The summed E-state index contributed by atoms with van der Waals surface area (Å²) in [6.45, 7) is 1.61. The molecular weight excluding hydrogens is 388 g/mol. The van der Waals surface area contributed by atoms with Gasteiger partial charge in [0.05, 0.1) is 15.3 Å². The van der Waals surface area contributed by atoms with Crippen molar-refractivity contribution in [1.29, 1.82) is 0 Å². The summed E-state index contributed by atoms with van der Waals surface area (Å²) in [7, 11) is -3.57. The smallest absolute Gasteiger partial charge is 0.208 e. The highest BCUT2D eigenvalue weighted by atomic mass is 32.2. The Labute approximate surface area is 167 Å². The van der Waals surface area contributed by atoms with Crippen LogP contribution in [0.5, 0.6) is 0 Å². The van der Waals surface area contributed by atoms with Crippen LogP contribution in [-0.4, -0.2) is 24.8 Å². The van der Waals surface area contributed by atoms with Crippen LogP contribution in [0.2, 0.25) is 0 Å². The van der Waals surface area contributed by atoms with Gasteiger partial charge in [-0.3, -0.25) is 0 Å². The lowest BCUT2D eigenvalue weighted by Gasteiger charge is -2.20. The van der Waals surface area contributed by atoms with Gasteiger partial charge in [-0.05, 0) is 46.5 Å². The fourth-order valence-corrected chi connectivity index (χ4v) is 5.87. The zero-order valence-corrected chi connectivity index (χ0v) is 16.6. The van der Waals surface area contributed by atoms with Crippen molar-refractivity contribution in [2.24, 2.45) is 0 Å². The number of thiophene rings is 1. The Morgan fingerprint density at radius 1 is 1.04 bits per heavy atom. The van der Waals surface area contributed by atoms with Crippen molar-refractivity contribution in [3.8, 4) is 0 Å². The zero-order valence-electron chi connectivity index (χ0n) is 15.0. The maximum atomic E-state index is 13.1. The molecule has 6 heteroatoms. The molecule has 0 saturated heterocycles. The lowest BCUT2D eigenvalue weighted by atomic mass is 10.2. The molecule has 0 aliphatic carbocycles. The molecule has 0 unspecified atom stereocenters. The number of benzene rings is 2. The minimum absolute atomic E-state index is 0.312. The van der Waals surface area contributed by atoms with Gasteiger partial charge in [0, 0.05) is 35.4 Å². The van der Waals surface area contributed by atoms with Gasteiger partial charge in [-0.15, -0.1) is 11.3 Å². The second-order valence-electron chi connectivity index (χ2n) is 6.85. The highest BCUT2D eigenvalue weighted by Gasteiger charge is 2.21. The average molecular weight is 407 g/mol. The molecule has 0 amide bonds. The Kier molecular flexibility index (Phi) is 4.10. The normalized spacial score (nSPS) is 13.8. The third kappa shape index (κ3) is 2.95. The molecule has 4 nitrogen and oxygen atoms in total. The molecule has 1 N–H and O–H groups in total. The Morgan fingerprint density at radius 3 is 2.75 bits per heavy atom. The molecule has 28 heavy (non-hydrogen) atoms.